The van der Waals surface area contributed by atoms with E-state index >= 15 is 0 Å². The second-order valence-electron chi connectivity index (χ2n) is 7.60. The van der Waals surface area contributed by atoms with Crippen LogP contribution >= 0.6 is 11.6 Å². The van der Waals surface area contributed by atoms with Gasteiger partial charge in [-0.15, -0.1) is 0 Å². The zero-order valence-electron chi connectivity index (χ0n) is 18.1. The summed E-state index contributed by atoms with van der Waals surface area (Å²) in [5.74, 6) is -0.0632. The molecule has 0 aliphatic carbocycles. The molecule has 7 heteroatoms. The Bertz CT molecular complexity index is 1110. The molecule has 2 N–H and O–H groups in total. The summed E-state index contributed by atoms with van der Waals surface area (Å²) in [5, 5.41) is 6.63. The third-order valence-electron chi connectivity index (χ3n) is 4.95. The highest BCUT2D eigenvalue weighted by Gasteiger charge is 2.17. The van der Waals surface area contributed by atoms with Crippen LogP contribution < -0.4 is 15.4 Å². The number of aryl methyl sites for hydroxylation is 2. The van der Waals surface area contributed by atoms with Crippen LogP contribution in [-0.4, -0.2) is 18.0 Å². The molecule has 3 rings (SSSR count). The lowest BCUT2D eigenvalue weighted by Gasteiger charge is -2.18. The van der Waals surface area contributed by atoms with E-state index in [2.05, 4.69) is 15.6 Å². The normalized spacial score (nSPS) is 10.8. The van der Waals surface area contributed by atoms with Crippen LogP contribution in [0, 0.1) is 19.7 Å². The topological polar surface area (TPSA) is 63.2 Å². The number of carbonyl (C=O) groups excluding carboxylic acids is 1. The third-order valence-corrected chi connectivity index (χ3v) is 5.19. The first-order valence-corrected chi connectivity index (χ1v) is 10.3. The summed E-state index contributed by atoms with van der Waals surface area (Å²) < 4.78 is 18.9. The summed E-state index contributed by atoms with van der Waals surface area (Å²) >= 11 is 6.19. The van der Waals surface area contributed by atoms with Gasteiger partial charge in [-0.05, 0) is 67.3 Å². The lowest BCUT2D eigenvalue weighted by atomic mass is 10.0. The molecule has 0 unspecified atom stereocenters. The van der Waals surface area contributed by atoms with Gasteiger partial charge in [0, 0.05) is 16.8 Å². The van der Waals surface area contributed by atoms with E-state index < -0.39 is 0 Å². The Labute approximate surface area is 186 Å². The van der Waals surface area contributed by atoms with Crippen LogP contribution in [0.5, 0.6) is 5.88 Å². The summed E-state index contributed by atoms with van der Waals surface area (Å²) in [6.45, 7) is 7.64. The minimum atomic E-state index is -0.337. The highest BCUT2D eigenvalue weighted by molar-refractivity contribution is 6.31. The number of carbonyl (C=O) groups is 1. The molecule has 0 atom stereocenters. The average Bonchev–Trinajstić information content (AvgIpc) is 2.72. The fraction of sp³-hybridized carbons (Fsp3) is 0.250. The molecule has 5 nitrogen and oxygen atoms in total. The highest BCUT2D eigenvalue weighted by atomic mass is 35.5. The van der Waals surface area contributed by atoms with Gasteiger partial charge in [0.05, 0.1) is 29.7 Å². The minimum Gasteiger partial charge on any atom is -0.481 e. The molecule has 31 heavy (non-hydrogen) atoms. The first-order valence-electron chi connectivity index (χ1n) is 9.89. The Morgan fingerprint density at radius 1 is 1.10 bits per heavy atom. The number of amides is 1. The van der Waals surface area contributed by atoms with Crippen molar-refractivity contribution in [1.82, 2.24) is 4.98 Å². The van der Waals surface area contributed by atoms with Crippen LogP contribution in [0.2, 0.25) is 5.02 Å². The molecule has 0 aliphatic heterocycles. The number of rotatable bonds is 6. The maximum Gasteiger partial charge on any atom is 0.257 e. The summed E-state index contributed by atoms with van der Waals surface area (Å²) in [4.78, 5) is 17.5. The number of halogens is 2. The Morgan fingerprint density at radius 2 is 1.81 bits per heavy atom. The monoisotopic (exact) mass is 441 g/mol. The van der Waals surface area contributed by atoms with Crippen LogP contribution in [0.4, 0.5) is 21.5 Å². The third kappa shape index (κ3) is 5.14. The molecule has 162 valence electrons. The molecule has 1 aromatic heterocycles. The molecule has 0 aliphatic rings. The van der Waals surface area contributed by atoms with Gasteiger partial charge in [-0.1, -0.05) is 25.4 Å². The van der Waals surface area contributed by atoms with Gasteiger partial charge < -0.3 is 15.4 Å². The van der Waals surface area contributed by atoms with Crippen LogP contribution in [0.1, 0.15) is 46.9 Å². The van der Waals surface area contributed by atoms with Crippen molar-refractivity contribution in [2.45, 2.75) is 33.6 Å². The maximum absolute atomic E-state index is 13.8. The Kier molecular flexibility index (Phi) is 6.81. The molecule has 0 radical (unpaired) electrons. The molecule has 0 spiro atoms. The highest BCUT2D eigenvalue weighted by Crippen LogP contribution is 2.31. The first-order chi connectivity index (χ1) is 14.7. The van der Waals surface area contributed by atoms with Crippen molar-refractivity contribution in [3.8, 4) is 5.88 Å². The van der Waals surface area contributed by atoms with E-state index in [1.165, 1.54) is 12.1 Å². The van der Waals surface area contributed by atoms with Crippen molar-refractivity contribution in [3.05, 3.63) is 75.7 Å². The molecule has 1 amide bonds. The average molecular weight is 442 g/mol. The van der Waals surface area contributed by atoms with Crippen molar-refractivity contribution in [2.24, 2.45) is 0 Å². The second-order valence-corrected chi connectivity index (χ2v) is 8.03. The molecule has 2 aromatic carbocycles. The zero-order valence-corrected chi connectivity index (χ0v) is 18.9. The standard InChI is InChI=1S/C24H25ClFN3O2/c1-13(2)18-12-17(26)7-9-20(18)28-21-8-6-16(25)11-19(21)24(30)29-23-14(3)10-22(31-5)27-15(23)4/h6-13,28H,1-5H3,(H,29,30). The second kappa shape index (κ2) is 9.35. The minimum absolute atomic E-state index is 0.0958. The number of methoxy groups -OCH3 is 1. The van der Waals surface area contributed by atoms with Gasteiger partial charge in [-0.2, -0.15) is 0 Å². The van der Waals surface area contributed by atoms with Crippen molar-refractivity contribution >= 4 is 34.6 Å². The van der Waals surface area contributed by atoms with Crippen LogP contribution in [0.25, 0.3) is 0 Å². The van der Waals surface area contributed by atoms with Crippen molar-refractivity contribution in [3.63, 3.8) is 0 Å². The van der Waals surface area contributed by atoms with Gasteiger partial charge in [0.25, 0.3) is 5.91 Å². The number of aromatic nitrogens is 1. The van der Waals surface area contributed by atoms with E-state index in [9.17, 15) is 9.18 Å². The van der Waals surface area contributed by atoms with Gasteiger partial charge in [0.15, 0.2) is 0 Å². The first kappa shape index (κ1) is 22.6. The summed E-state index contributed by atoms with van der Waals surface area (Å²) in [6.07, 6.45) is 0. The van der Waals surface area contributed by atoms with E-state index in [1.54, 1.807) is 44.4 Å². The van der Waals surface area contributed by atoms with Gasteiger partial charge in [-0.3, -0.25) is 4.79 Å². The number of nitrogens with one attached hydrogen (secondary N) is 2. The maximum atomic E-state index is 13.8. The number of benzene rings is 2. The van der Waals surface area contributed by atoms with E-state index in [-0.39, 0.29) is 17.6 Å². The van der Waals surface area contributed by atoms with Gasteiger partial charge in [-0.25, -0.2) is 9.37 Å². The largest absolute Gasteiger partial charge is 0.481 e. The molecular weight excluding hydrogens is 417 g/mol. The van der Waals surface area contributed by atoms with E-state index in [4.69, 9.17) is 16.3 Å². The summed E-state index contributed by atoms with van der Waals surface area (Å²) in [7, 11) is 1.55. The van der Waals surface area contributed by atoms with E-state index in [0.29, 0.717) is 33.5 Å². The Balaban J connectivity index is 1.97. The van der Waals surface area contributed by atoms with Gasteiger partial charge in [0.2, 0.25) is 5.88 Å². The number of hydrogen-bond donors (Lipinski definition) is 2. The van der Waals surface area contributed by atoms with Crippen LogP contribution in [-0.2, 0) is 0 Å². The summed E-state index contributed by atoms with van der Waals surface area (Å²) in [5.41, 5.74) is 4.55. The predicted molar refractivity (Wildman–Crippen MR) is 123 cm³/mol. The number of anilines is 3. The van der Waals surface area contributed by atoms with Gasteiger partial charge >= 0.3 is 0 Å². The van der Waals surface area contributed by atoms with E-state index in [0.717, 1.165) is 16.8 Å². The van der Waals surface area contributed by atoms with Crippen molar-refractivity contribution < 1.29 is 13.9 Å². The quantitative estimate of drug-likeness (QED) is 0.451. The summed E-state index contributed by atoms with van der Waals surface area (Å²) in [6, 6.07) is 11.3. The molecule has 3 aromatic rings. The number of nitrogens with zero attached hydrogens (tertiary/aromatic N) is 1. The van der Waals surface area contributed by atoms with Crippen LogP contribution in [0.3, 0.4) is 0 Å². The molecule has 0 saturated carbocycles. The number of hydrogen-bond acceptors (Lipinski definition) is 4. The lowest BCUT2D eigenvalue weighted by Crippen LogP contribution is -2.16. The lowest BCUT2D eigenvalue weighted by molar-refractivity contribution is 0.102. The molecule has 0 fully saturated rings. The molecule has 0 bridgehead atoms. The SMILES string of the molecule is COc1cc(C)c(NC(=O)c2cc(Cl)ccc2Nc2ccc(F)cc2C(C)C)c(C)n1. The Hall–Kier alpha value is -3.12. The number of pyridine rings is 1. The predicted octanol–water partition coefficient (Wildman–Crippen LogP) is 6.62. The molecular formula is C24H25ClFN3O2. The van der Waals surface area contributed by atoms with Crippen molar-refractivity contribution in [2.75, 3.05) is 17.7 Å². The smallest absolute Gasteiger partial charge is 0.257 e. The van der Waals surface area contributed by atoms with Crippen LogP contribution in [0.15, 0.2) is 42.5 Å². The fourth-order valence-electron chi connectivity index (χ4n) is 3.35. The molecule has 1 heterocycles. The zero-order chi connectivity index (χ0) is 22.7. The van der Waals surface area contributed by atoms with E-state index in [1.807, 2.05) is 20.8 Å². The Morgan fingerprint density at radius 3 is 2.45 bits per heavy atom. The fourth-order valence-corrected chi connectivity index (χ4v) is 3.53. The van der Waals surface area contributed by atoms with Crippen molar-refractivity contribution in [1.29, 1.82) is 0 Å². The van der Waals surface area contributed by atoms with Gasteiger partial charge in [0.1, 0.15) is 5.82 Å². The molecule has 0 saturated heterocycles. The number of ether oxygens (including phenoxy) is 1.